The maximum absolute atomic E-state index is 10.6. The maximum Gasteiger partial charge on any atom is 0.272 e. The maximum atomic E-state index is 10.6. The zero-order chi connectivity index (χ0) is 13.9. The summed E-state index contributed by atoms with van der Waals surface area (Å²) < 4.78 is 0. The molecule has 18 heavy (non-hydrogen) atoms. The molecule has 0 aliphatic carbocycles. The summed E-state index contributed by atoms with van der Waals surface area (Å²) in [7, 11) is 0. The molecular formula is C11H9NO6-2. The van der Waals surface area contributed by atoms with E-state index in [0.717, 1.165) is 0 Å². The molecule has 0 saturated heterocycles. The van der Waals surface area contributed by atoms with Gasteiger partial charge in [-0.2, -0.15) is 0 Å². The van der Waals surface area contributed by atoms with Gasteiger partial charge >= 0.3 is 0 Å². The Morgan fingerprint density at radius 2 is 1.83 bits per heavy atom. The van der Waals surface area contributed by atoms with Crippen molar-refractivity contribution >= 4 is 17.6 Å². The molecular weight excluding hydrogens is 242 g/mol. The summed E-state index contributed by atoms with van der Waals surface area (Å²) in [5.41, 5.74) is 0.571. The molecule has 0 fully saturated rings. The van der Waals surface area contributed by atoms with Crippen LogP contribution >= 0.6 is 0 Å². The number of nitro benzene ring substituents is 1. The van der Waals surface area contributed by atoms with Crippen molar-refractivity contribution in [3.63, 3.8) is 0 Å². The fourth-order valence-corrected chi connectivity index (χ4v) is 1.55. The van der Waals surface area contributed by atoms with Crippen LogP contribution in [0.15, 0.2) is 18.2 Å². The van der Waals surface area contributed by atoms with E-state index in [-0.39, 0.29) is 12.1 Å². The number of carboxylic acid groups (broad SMARTS) is 2. The fourth-order valence-electron chi connectivity index (χ4n) is 1.55. The van der Waals surface area contributed by atoms with Crippen LogP contribution in [-0.4, -0.2) is 16.9 Å². The van der Waals surface area contributed by atoms with Crippen LogP contribution in [0.1, 0.15) is 11.1 Å². The third-order valence-electron chi connectivity index (χ3n) is 2.47. The highest BCUT2D eigenvalue weighted by Crippen LogP contribution is 2.20. The van der Waals surface area contributed by atoms with Gasteiger partial charge in [-0.3, -0.25) is 10.1 Å². The Morgan fingerprint density at radius 3 is 2.22 bits per heavy atom. The molecule has 1 aromatic rings. The molecule has 0 unspecified atom stereocenters. The molecule has 96 valence electrons. The van der Waals surface area contributed by atoms with Crippen LogP contribution in [0.25, 0.3) is 0 Å². The van der Waals surface area contributed by atoms with Crippen LogP contribution in [0.5, 0.6) is 0 Å². The van der Waals surface area contributed by atoms with Crippen molar-refractivity contribution in [3.05, 3.63) is 39.4 Å². The van der Waals surface area contributed by atoms with Crippen LogP contribution in [0.2, 0.25) is 0 Å². The van der Waals surface area contributed by atoms with E-state index in [1.807, 2.05) is 0 Å². The normalized spacial score (nSPS) is 10.3. The molecule has 0 saturated carbocycles. The lowest BCUT2D eigenvalue weighted by molar-refractivity contribution is -0.385. The van der Waals surface area contributed by atoms with E-state index in [0.29, 0.717) is 11.1 Å². The van der Waals surface area contributed by atoms with Gasteiger partial charge in [0.15, 0.2) is 0 Å². The highest BCUT2D eigenvalue weighted by Gasteiger charge is 2.15. The minimum atomic E-state index is -1.77. The van der Waals surface area contributed by atoms with Crippen LogP contribution in [0.3, 0.4) is 0 Å². The van der Waals surface area contributed by atoms with Gasteiger partial charge in [-0.25, -0.2) is 0 Å². The minimum absolute atomic E-state index is 0.114. The van der Waals surface area contributed by atoms with Gasteiger partial charge in [-0.15, -0.1) is 0 Å². The molecule has 0 heterocycles. The molecule has 0 aliphatic heterocycles. The minimum Gasteiger partial charge on any atom is -0.549 e. The second-order valence-electron chi connectivity index (χ2n) is 3.77. The van der Waals surface area contributed by atoms with E-state index in [2.05, 4.69) is 0 Å². The largest absolute Gasteiger partial charge is 0.549 e. The summed E-state index contributed by atoms with van der Waals surface area (Å²) in [4.78, 5) is 31.1. The van der Waals surface area contributed by atoms with E-state index in [1.165, 1.54) is 25.1 Å². The smallest absolute Gasteiger partial charge is 0.272 e. The van der Waals surface area contributed by atoms with Gasteiger partial charge in [0.05, 0.1) is 16.9 Å². The summed E-state index contributed by atoms with van der Waals surface area (Å²) in [5.74, 6) is -5.26. The van der Waals surface area contributed by atoms with E-state index < -0.39 is 22.8 Å². The standard InChI is InChI=1S/C11H11NO6/c1-6-4-7(2-3-9(6)12(17)18)5-8(10(13)14)11(15)16/h2-4,8H,5H2,1H3,(H,13,14)(H,15,16)/p-2. The van der Waals surface area contributed by atoms with Gasteiger partial charge in [-0.05, 0) is 25.0 Å². The SMILES string of the molecule is Cc1cc(CC(C(=O)[O-])C(=O)[O-])ccc1[N+](=O)[O-]. The Balaban J connectivity index is 2.99. The van der Waals surface area contributed by atoms with Gasteiger partial charge in [0.1, 0.15) is 0 Å². The van der Waals surface area contributed by atoms with E-state index in [9.17, 15) is 29.9 Å². The van der Waals surface area contributed by atoms with Crippen molar-refractivity contribution in [2.75, 3.05) is 0 Å². The number of carbonyl (C=O) groups excluding carboxylic acids is 2. The number of carbonyl (C=O) groups is 2. The predicted molar refractivity (Wildman–Crippen MR) is 55.0 cm³/mol. The molecule has 0 atom stereocenters. The highest BCUT2D eigenvalue weighted by molar-refractivity contribution is 5.91. The van der Waals surface area contributed by atoms with Crippen molar-refractivity contribution in [3.8, 4) is 0 Å². The first kappa shape index (κ1) is 13.6. The molecule has 0 bridgehead atoms. The molecule has 0 aliphatic rings. The number of rotatable bonds is 5. The zero-order valence-electron chi connectivity index (χ0n) is 9.41. The Labute approximate surface area is 102 Å². The van der Waals surface area contributed by atoms with Crippen molar-refractivity contribution in [1.29, 1.82) is 0 Å². The lowest BCUT2D eigenvalue weighted by atomic mass is 9.98. The average Bonchev–Trinajstić information content (AvgIpc) is 2.24. The Morgan fingerprint density at radius 1 is 1.28 bits per heavy atom. The first-order chi connectivity index (χ1) is 8.32. The number of carboxylic acids is 2. The number of aliphatic carboxylic acids is 2. The lowest BCUT2D eigenvalue weighted by Crippen LogP contribution is -2.44. The molecule has 7 heteroatoms. The Hall–Kier alpha value is -2.44. The first-order valence-corrected chi connectivity index (χ1v) is 4.98. The second-order valence-corrected chi connectivity index (χ2v) is 3.77. The molecule has 0 aromatic heterocycles. The van der Waals surface area contributed by atoms with Crippen molar-refractivity contribution < 1.29 is 24.7 Å². The second kappa shape index (κ2) is 5.26. The first-order valence-electron chi connectivity index (χ1n) is 4.98. The lowest BCUT2D eigenvalue weighted by Gasteiger charge is -2.19. The predicted octanol–water partition coefficient (Wildman–Crippen LogP) is -1.44. The molecule has 0 N–H and O–H groups in total. The summed E-state index contributed by atoms with van der Waals surface area (Å²) >= 11 is 0. The zero-order valence-corrected chi connectivity index (χ0v) is 9.41. The number of aryl methyl sites for hydroxylation is 1. The van der Waals surface area contributed by atoms with Crippen LogP contribution in [0, 0.1) is 23.0 Å². The summed E-state index contributed by atoms with van der Waals surface area (Å²) in [6, 6.07) is 3.88. The van der Waals surface area contributed by atoms with Gasteiger partial charge in [0.2, 0.25) is 0 Å². The van der Waals surface area contributed by atoms with Gasteiger partial charge < -0.3 is 19.8 Å². The molecule has 1 aromatic carbocycles. The molecule has 7 nitrogen and oxygen atoms in total. The number of benzene rings is 1. The Bertz CT molecular complexity index is 496. The van der Waals surface area contributed by atoms with Crippen molar-refractivity contribution in [2.45, 2.75) is 13.3 Å². The topological polar surface area (TPSA) is 123 Å². The third-order valence-corrected chi connectivity index (χ3v) is 2.47. The van der Waals surface area contributed by atoms with Crippen LogP contribution in [-0.2, 0) is 16.0 Å². The van der Waals surface area contributed by atoms with Crippen molar-refractivity contribution in [1.82, 2.24) is 0 Å². The monoisotopic (exact) mass is 251 g/mol. The highest BCUT2D eigenvalue weighted by atomic mass is 16.6. The molecule has 0 amide bonds. The summed E-state index contributed by atoms with van der Waals surface area (Å²) in [6.45, 7) is 1.48. The number of hydrogen-bond acceptors (Lipinski definition) is 6. The molecule has 0 radical (unpaired) electrons. The molecule has 1 rings (SSSR count). The van der Waals surface area contributed by atoms with Crippen LogP contribution in [0.4, 0.5) is 5.69 Å². The molecule has 0 spiro atoms. The van der Waals surface area contributed by atoms with Crippen LogP contribution < -0.4 is 10.2 Å². The number of nitrogens with zero attached hydrogens (tertiary/aromatic N) is 1. The van der Waals surface area contributed by atoms with E-state index in [4.69, 9.17) is 0 Å². The summed E-state index contributed by atoms with van der Waals surface area (Å²) in [5, 5.41) is 31.7. The number of hydrogen-bond donors (Lipinski definition) is 0. The van der Waals surface area contributed by atoms with E-state index in [1.54, 1.807) is 0 Å². The van der Waals surface area contributed by atoms with Gasteiger partial charge in [0.25, 0.3) is 5.69 Å². The Kier molecular flexibility index (Phi) is 3.98. The summed E-state index contributed by atoms with van der Waals surface area (Å²) in [6.07, 6.45) is -0.330. The van der Waals surface area contributed by atoms with Gasteiger partial charge in [0, 0.05) is 17.5 Å². The number of nitro groups is 1. The average molecular weight is 251 g/mol. The van der Waals surface area contributed by atoms with E-state index >= 15 is 0 Å². The third kappa shape index (κ3) is 3.03. The van der Waals surface area contributed by atoms with Gasteiger partial charge in [-0.1, -0.05) is 6.07 Å². The quantitative estimate of drug-likeness (QED) is 0.358. The van der Waals surface area contributed by atoms with Crippen molar-refractivity contribution in [2.24, 2.45) is 5.92 Å². The fraction of sp³-hybridized carbons (Fsp3) is 0.273.